The van der Waals surface area contributed by atoms with Gasteiger partial charge in [-0.05, 0) is 43.3 Å². The van der Waals surface area contributed by atoms with Crippen LogP contribution < -0.4 is 5.32 Å². The summed E-state index contributed by atoms with van der Waals surface area (Å²) in [5.41, 5.74) is 2.45. The first-order chi connectivity index (χ1) is 13.5. The minimum atomic E-state index is -3.85. The van der Waals surface area contributed by atoms with Gasteiger partial charge in [-0.15, -0.1) is 0 Å². The molecule has 3 aromatic carbocycles. The zero-order valence-corrected chi connectivity index (χ0v) is 16.0. The predicted octanol–water partition coefficient (Wildman–Crippen LogP) is 5.23. The van der Waals surface area contributed by atoms with E-state index in [4.69, 9.17) is 4.42 Å². The van der Waals surface area contributed by atoms with E-state index in [-0.39, 0.29) is 21.7 Å². The standard InChI is InChI=1S/C22H18N2O3S/c1-16-9-8-10-17(15-16)20-24-22(28(25,26)19-13-6-3-7-14-19)21(27-20)23-18-11-4-2-5-12-18/h2-15,23H,1H3. The number of hydrogen-bond donors (Lipinski definition) is 1. The zero-order chi connectivity index (χ0) is 19.6. The third-order valence-electron chi connectivity index (χ3n) is 4.20. The van der Waals surface area contributed by atoms with Gasteiger partial charge in [-0.1, -0.05) is 54.1 Å². The van der Waals surface area contributed by atoms with Crippen LogP contribution in [0, 0.1) is 6.92 Å². The fraction of sp³-hybridized carbons (Fsp3) is 0.0455. The van der Waals surface area contributed by atoms with Gasteiger partial charge in [0.1, 0.15) is 0 Å². The van der Waals surface area contributed by atoms with E-state index < -0.39 is 9.84 Å². The van der Waals surface area contributed by atoms with E-state index in [2.05, 4.69) is 10.3 Å². The van der Waals surface area contributed by atoms with Crippen molar-refractivity contribution in [2.24, 2.45) is 0 Å². The summed E-state index contributed by atoms with van der Waals surface area (Å²) in [4.78, 5) is 4.51. The molecule has 28 heavy (non-hydrogen) atoms. The first-order valence-corrected chi connectivity index (χ1v) is 10.2. The largest absolute Gasteiger partial charge is 0.419 e. The molecule has 1 aromatic heterocycles. The van der Waals surface area contributed by atoms with Crippen LogP contribution in [0.1, 0.15) is 5.56 Å². The third-order valence-corrected chi connectivity index (χ3v) is 5.88. The van der Waals surface area contributed by atoms with Crippen LogP contribution in [0.15, 0.2) is 99.3 Å². The molecule has 0 bridgehead atoms. The Kier molecular flexibility index (Phi) is 4.71. The van der Waals surface area contributed by atoms with Gasteiger partial charge >= 0.3 is 0 Å². The van der Waals surface area contributed by atoms with Gasteiger partial charge < -0.3 is 9.73 Å². The number of hydrogen-bond acceptors (Lipinski definition) is 5. The van der Waals surface area contributed by atoms with E-state index in [0.29, 0.717) is 11.3 Å². The molecule has 0 fully saturated rings. The Hall–Kier alpha value is -3.38. The second-order valence-electron chi connectivity index (χ2n) is 6.33. The molecule has 6 heteroatoms. The van der Waals surface area contributed by atoms with E-state index in [1.165, 1.54) is 0 Å². The quantitative estimate of drug-likeness (QED) is 0.505. The molecule has 0 amide bonds. The van der Waals surface area contributed by atoms with Crippen molar-refractivity contribution < 1.29 is 12.8 Å². The Morgan fingerprint density at radius 2 is 1.54 bits per heavy atom. The highest BCUT2D eigenvalue weighted by atomic mass is 32.2. The molecule has 0 aliphatic carbocycles. The van der Waals surface area contributed by atoms with Crippen molar-refractivity contribution in [3.63, 3.8) is 0 Å². The number of sulfone groups is 1. The maximum Gasteiger partial charge on any atom is 0.238 e. The van der Waals surface area contributed by atoms with Crippen LogP contribution >= 0.6 is 0 Å². The molecule has 0 radical (unpaired) electrons. The van der Waals surface area contributed by atoms with Crippen LogP contribution in [0.2, 0.25) is 0 Å². The van der Waals surface area contributed by atoms with Gasteiger partial charge in [-0.2, -0.15) is 4.98 Å². The highest BCUT2D eigenvalue weighted by Gasteiger charge is 2.28. The SMILES string of the molecule is Cc1cccc(-c2nc(S(=O)(=O)c3ccccc3)c(Nc3ccccc3)o2)c1. The Bertz CT molecular complexity index is 1200. The summed E-state index contributed by atoms with van der Waals surface area (Å²) >= 11 is 0. The first-order valence-electron chi connectivity index (χ1n) is 8.74. The highest BCUT2D eigenvalue weighted by molar-refractivity contribution is 7.91. The summed E-state index contributed by atoms with van der Waals surface area (Å²) < 4.78 is 32.3. The molecule has 1 heterocycles. The second-order valence-corrected chi connectivity index (χ2v) is 8.20. The zero-order valence-electron chi connectivity index (χ0n) is 15.2. The molecular weight excluding hydrogens is 372 g/mol. The number of nitrogens with zero attached hydrogens (tertiary/aromatic N) is 1. The Morgan fingerprint density at radius 3 is 2.21 bits per heavy atom. The van der Waals surface area contributed by atoms with Crippen molar-refractivity contribution >= 4 is 21.4 Å². The molecule has 0 saturated carbocycles. The van der Waals surface area contributed by atoms with E-state index in [9.17, 15) is 8.42 Å². The van der Waals surface area contributed by atoms with Crippen molar-refractivity contribution in [2.75, 3.05) is 5.32 Å². The third kappa shape index (κ3) is 3.54. The summed E-state index contributed by atoms with van der Waals surface area (Å²) in [5, 5.41) is 2.91. The molecule has 0 saturated heterocycles. The summed E-state index contributed by atoms with van der Waals surface area (Å²) in [6, 6.07) is 25.0. The van der Waals surface area contributed by atoms with Crippen LogP contribution in [0.5, 0.6) is 0 Å². The molecule has 5 nitrogen and oxygen atoms in total. The Morgan fingerprint density at radius 1 is 0.857 bits per heavy atom. The van der Waals surface area contributed by atoms with Gasteiger partial charge in [0.2, 0.25) is 26.6 Å². The van der Waals surface area contributed by atoms with Gasteiger partial charge in [0.05, 0.1) is 4.90 Å². The van der Waals surface area contributed by atoms with Crippen molar-refractivity contribution in [3.05, 3.63) is 90.5 Å². The van der Waals surface area contributed by atoms with Gasteiger partial charge in [-0.3, -0.25) is 0 Å². The van der Waals surface area contributed by atoms with Crippen LogP contribution in [-0.4, -0.2) is 13.4 Å². The molecular formula is C22H18N2O3S. The second kappa shape index (κ2) is 7.32. The van der Waals surface area contributed by atoms with Crippen molar-refractivity contribution in [2.45, 2.75) is 16.8 Å². The first kappa shape index (κ1) is 18.0. The number of aromatic nitrogens is 1. The lowest BCUT2D eigenvalue weighted by molar-refractivity contribution is 0.582. The molecule has 0 spiro atoms. The highest BCUT2D eigenvalue weighted by Crippen LogP contribution is 2.34. The predicted molar refractivity (Wildman–Crippen MR) is 108 cm³/mol. The minimum Gasteiger partial charge on any atom is -0.419 e. The van der Waals surface area contributed by atoms with Crippen molar-refractivity contribution in [1.82, 2.24) is 4.98 Å². The van der Waals surface area contributed by atoms with Crippen LogP contribution in [0.3, 0.4) is 0 Å². The lowest BCUT2D eigenvalue weighted by Gasteiger charge is -2.05. The summed E-state index contributed by atoms with van der Waals surface area (Å²) in [5.74, 6) is 0.336. The van der Waals surface area contributed by atoms with Gasteiger partial charge in [0, 0.05) is 11.3 Å². The summed E-state index contributed by atoms with van der Waals surface area (Å²) in [7, 11) is -3.85. The molecule has 1 N–H and O–H groups in total. The normalized spacial score (nSPS) is 11.3. The molecule has 4 rings (SSSR count). The fourth-order valence-corrected chi connectivity index (χ4v) is 4.11. The monoisotopic (exact) mass is 390 g/mol. The maximum atomic E-state index is 13.2. The molecule has 0 aliphatic rings. The van der Waals surface area contributed by atoms with Crippen LogP contribution in [-0.2, 0) is 9.84 Å². The van der Waals surface area contributed by atoms with E-state index in [0.717, 1.165) is 5.56 Å². The van der Waals surface area contributed by atoms with Crippen LogP contribution in [0.25, 0.3) is 11.5 Å². The van der Waals surface area contributed by atoms with Crippen LogP contribution in [0.4, 0.5) is 11.6 Å². The topological polar surface area (TPSA) is 72.2 Å². The number of anilines is 2. The minimum absolute atomic E-state index is 0.0894. The molecule has 0 unspecified atom stereocenters. The van der Waals surface area contributed by atoms with Gasteiger partial charge in [0.15, 0.2) is 0 Å². The van der Waals surface area contributed by atoms with Crippen molar-refractivity contribution in [1.29, 1.82) is 0 Å². The summed E-state index contributed by atoms with van der Waals surface area (Å²) in [6.07, 6.45) is 0. The smallest absolute Gasteiger partial charge is 0.238 e. The Balaban J connectivity index is 1.86. The number of aryl methyl sites for hydroxylation is 1. The number of oxazole rings is 1. The lowest BCUT2D eigenvalue weighted by atomic mass is 10.1. The number of benzene rings is 3. The van der Waals surface area contributed by atoms with Crippen molar-refractivity contribution in [3.8, 4) is 11.5 Å². The average molecular weight is 390 g/mol. The molecule has 0 aliphatic heterocycles. The summed E-state index contributed by atoms with van der Waals surface area (Å²) in [6.45, 7) is 1.96. The molecule has 0 atom stereocenters. The van der Waals surface area contributed by atoms with E-state index in [1.807, 2.05) is 61.5 Å². The molecule has 4 aromatic rings. The van der Waals surface area contributed by atoms with E-state index >= 15 is 0 Å². The Labute approximate surface area is 163 Å². The lowest BCUT2D eigenvalue weighted by Crippen LogP contribution is -2.05. The number of nitrogens with one attached hydrogen (secondary N) is 1. The van der Waals surface area contributed by atoms with Gasteiger partial charge in [-0.25, -0.2) is 8.42 Å². The molecule has 140 valence electrons. The average Bonchev–Trinajstić information content (AvgIpc) is 3.14. The number of rotatable bonds is 5. The van der Waals surface area contributed by atoms with Gasteiger partial charge in [0.25, 0.3) is 0 Å². The van der Waals surface area contributed by atoms with E-state index in [1.54, 1.807) is 30.3 Å². The maximum absolute atomic E-state index is 13.2. The number of para-hydroxylation sites is 1. The fourth-order valence-electron chi connectivity index (χ4n) is 2.83.